The van der Waals surface area contributed by atoms with E-state index in [2.05, 4.69) is 4.90 Å². The summed E-state index contributed by atoms with van der Waals surface area (Å²) in [6.07, 6.45) is 0. The molecule has 1 rings (SSSR count). The Morgan fingerprint density at radius 3 is 2.81 bits per heavy atom. The molecule has 1 aromatic rings. The molecule has 3 N–H and O–H groups in total. The maximum atomic E-state index is 9.36. The lowest BCUT2D eigenvalue weighted by atomic mass is 10.2. The molecule has 0 aromatic heterocycles. The summed E-state index contributed by atoms with van der Waals surface area (Å²) in [6, 6.07) is 7.29. The second-order valence-corrected chi connectivity index (χ2v) is 3.73. The van der Waals surface area contributed by atoms with E-state index >= 15 is 0 Å². The van der Waals surface area contributed by atoms with Gasteiger partial charge < -0.3 is 15.6 Å². The maximum absolute atomic E-state index is 9.36. The number of methoxy groups -OCH3 is 1. The average molecular weight is 224 g/mol. The van der Waals surface area contributed by atoms with Crippen LogP contribution in [0, 0.1) is 0 Å². The van der Waals surface area contributed by atoms with Gasteiger partial charge in [0.15, 0.2) is 0 Å². The molecule has 4 heteroatoms. The Balaban J connectivity index is 2.52. The first-order chi connectivity index (χ1) is 7.76. The lowest BCUT2D eigenvalue weighted by molar-refractivity contribution is 0.146. The van der Waals surface area contributed by atoms with Gasteiger partial charge in [0.25, 0.3) is 0 Å². The minimum absolute atomic E-state index is 0.303. The first-order valence-electron chi connectivity index (χ1n) is 5.45. The summed E-state index contributed by atoms with van der Waals surface area (Å²) in [4.78, 5) is 2.21. The zero-order chi connectivity index (χ0) is 11.8. The minimum atomic E-state index is 0.303. The van der Waals surface area contributed by atoms with Crippen LogP contribution >= 0.6 is 0 Å². The SMILES string of the molecule is COCCN(CCN)Cc1cccc(O)c1. The van der Waals surface area contributed by atoms with Gasteiger partial charge in [0.1, 0.15) is 5.75 Å². The first kappa shape index (κ1) is 13.0. The summed E-state index contributed by atoms with van der Waals surface area (Å²) in [5.74, 6) is 0.303. The van der Waals surface area contributed by atoms with Crippen LogP contribution in [-0.2, 0) is 11.3 Å². The topological polar surface area (TPSA) is 58.7 Å². The summed E-state index contributed by atoms with van der Waals surface area (Å²) < 4.78 is 5.05. The number of nitrogens with zero attached hydrogens (tertiary/aromatic N) is 1. The van der Waals surface area contributed by atoms with E-state index in [9.17, 15) is 5.11 Å². The Kier molecular flexibility index (Phi) is 5.85. The van der Waals surface area contributed by atoms with Crippen molar-refractivity contribution in [3.8, 4) is 5.75 Å². The molecule has 0 spiro atoms. The Hall–Kier alpha value is -1.10. The van der Waals surface area contributed by atoms with Crippen molar-refractivity contribution in [1.82, 2.24) is 4.90 Å². The second kappa shape index (κ2) is 7.22. The number of ether oxygens (including phenoxy) is 1. The van der Waals surface area contributed by atoms with Crippen LogP contribution in [0.5, 0.6) is 5.75 Å². The Morgan fingerprint density at radius 2 is 2.19 bits per heavy atom. The molecule has 0 aliphatic carbocycles. The second-order valence-electron chi connectivity index (χ2n) is 3.73. The standard InChI is InChI=1S/C12H20N2O2/c1-16-8-7-14(6-5-13)10-11-3-2-4-12(15)9-11/h2-4,9,15H,5-8,10,13H2,1H3. The van der Waals surface area contributed by atoms with Crippen LogP contribution in [0.4, 0.5) is 0 Å². The van der Waals surface area contributed by atoms with E-state index in [-0.39, 0.29) is 0 Å². The van der Waals surface area contributed by atoms with Crippen LogP contribution in [0.3, 0.4) is 0 Å². The molecule has 1 aromatic carbocycles. The molecule has 0 bridgehead atoms. The Bertz CT molecular complexity index is 305. The van der Waals surface area contributed by atoms with Crippen molar-refractivity contribution in [2.24, 2.45) is 5.73 Å². The normalized spacial score (nSPS) is 10.9. The van der Waals surface area contributed by atoms with Gasteiger partial charge in [0, 0.05) is 33.3 Å². The number of phenolic OH excluding ortho intramolecular Hbond substituents is 1. The first-order valence-corrected chi connectivity index (χ1v) is 5.45. The summed E-state index contributed by atoms with van der Waals surface area (Å²) in [5.41, 5.74) is 6.64. The highest BCUT2D eigenvalue weighted by Gasteiger charge is 2.05. The van der Waals surface area contributed by atoms with Crippen LogP contribution in [0.15, 0.2) is 24.3 Å². The fourth-order valence-corrected chi connectivity index (χ4v) is 1.59. The number of rotatable bonds is 7. The molecule has 16 heavy (non-hydrogen) atoms. The van der Waals surface area contributed by atoms with E-state index < -0.39 is 0 Å². The number of aromatic hydroxyl groups is 1. The Morgan fingerprint density at radius 1 is 1.38 bits per heavy atom. The third-order valence-electron chi connectivity index (χ3n) is 2.37. The predicted molar refractivity (Wildman–Crippen MR) is 64.3 cm³/mol. The van der Waals surface area contributed by atoms with E-state index in [0.29, 0.717) is 18.9 Å². The quantitative estimate of drug-likeness (QED) is 0.719. The molecule has 90 valence electrons. The van der Waals surface area contributed by atoms with Gasteiger partial charge in [-0.15, -0.1) is 0 Å². The molecule has 0 fully saturated rings. The van der Waals surface area contributed by atoms with Crippen molar-refractivity contribution in [2.45, 2.75) is 6.54 Å². The summed E-state index contributed by atoms with van der Waals surface area (Å²) >= 11 is 0. The van der Waals surface area contributed by atoms with Crippen molar-refractivity contribution in [1.29, 1.82) is 0 Å². The van der Waals surface area contributed by atoms with Gasteiger partial charge in [-0.25, -0.2) is 0 Å². The van der Waals surface area contributed by atoms with Gasteiger partial charge >= 0.3 is 0 Å². The monoisotopic (exact) mass is 224 g/mol. The van der Waals surface area contributed by atoms with Gasteiger partial charge in [-0.1, -0.05) is 12.1 Å². The molecule has 4 nitrogen and oxygen atoms in total. The molecule has 0 unspecified atom stereocenters. The fraction of sp³-hybridized carbons (Fsp3) is 0.500. The maximum Gasteiger partial charge on any atom is 0.115 e. The molecular weight excluding hydrogens is 204 g/mol. The number of benzene rings is 1. The van der Waals surface area contributed by atoms with Crippen molar-refractivity contribution in [2.75, 3.05) is 33.4 Å². The fourth-order valence-electron chi connectivity index (χ4n) is 1.59. The van der Waals surface area contributed by atoms with Crippen molar-refractivity contribution >= 4 is 0 Å². The average Bonchev–Trinajstić information content (AvgIpc) is 2.26. The van der Waals surface area contributed by atoms with E-state index in [4.69, 9.17) is 10.5 Å². The molecule has 0 aliphatic rings. The highest BCUT2D eigenvalue weighted by atomic mass is 16.5. The highest BCUT2D eigenvalue weighted by molar-refractivity contribution is 5.26. The molecule has 0 radical (unpaired) electrons. The van der Waals surface area contributed by atoms with Crippen molar-refractivity contribution in [3.63, 3.8) is 0 Å². The number of phenols is 1. The number of hydrogen-bond donors (Lipinski definition) is 2. The van der Waals surface area contributed by atoms with Gasteiger partial charge in [0.2, 0.25) is 0 Å². The summed E-state index contributed by atoms with van der Waals surface area (Å²) in [6.45, 7) is 3.79. The van der Waals surface area contributed by atoms with Crippen molar-refractivity contribution in [3.05, 3.63) is 29.8 Å². The zero-order valence-corrected chi connectivity index (χ0v) is 9.72. The molecule has 0 heterocycles. The molecular formula is C12H20N2O2. The summed E-state index contributed by atoms with van der Waals surface area (Å²) in [5, 5.41) is 9.36. The smallest absolute Gasteiger partial charge is 0.115 e. The van der Waals surface area contributed by atoms with Crippen molar-refractivity contribution < 1.29 is 9.84 Å². The van der Waals surface area contributed by atoms with Crippen LogP contribution in [0.1, 0.15) is 5.56 Å². The molecule has 0 saturated carbocycles. The van der Waals surface area contributed by atoms with Gasteiger partial charge in [-0.3, -0.25) is 4.90 Å². The zero-order valence-electron chi connectivity index (χ0n) is 9.72. The number of hydrogen-bond acceptors (Lipinski definition) is 4. The van der Waals surface area contributed by atoms with Crippen LogP contribution < -0.4 is 5.73 Å². The van der Waals surface area contributed by atoms with E-state index in [1.54, 1.807) is 19.2 Å². The van der Waals surface area contributed by atoms with Gasteiger partial charge in [-0.2, -0.15) is 0 Å². The Labute approximate surface area is 96.6 Å². The van der Waals surface area contributed by atoms with E-state index in [0.717, 1.165) is 25.2 Å². The molecule has 0 amide bonds. The number of nitrogens with two attached hydrogens (primary N) is 1. The molecule has 0 atom stereocenters. The van der Waals surface area contributed by atoms with Crippen LogP contribution in [0.25, 0.3) is 0 Å². The third kappa shape index (κ3) is 4.61. The minimum Gasteiger partial charge on any atom is -0.508 e. The van der Waals surface area contributed by atoms with Gasteiger partial charge in [0.05, 0.1) is 6.61 Å². The lowest BCUT2D eigenvalue weighted by Crippen LogP contribution is -2.31. The predicted octanol–water partition coefficient (Wildman–Crippen LogP) is 0.799. The summed E-state index contributed by atoms with van der Waals surface area (Å²) in [7, 11) is 1.69. The lowest BCUT2D eigenvalue weighted by Gasteiger charge is -2.21. The van der Waals surface area contributed by atoms with Crippen LogP contribution in [0.2, 0.25) is 0 Å². The van der Waals surface area contributed by atoms with Gasteiger partial charge in [-0.05, 0) is 17.7 Å². The van der Waals surface area contributed by atoms with Crippen LogP contribution in [-0.4, -0.2) is 43.4 Å². The largest absolute Gasteiger partial charge is 0.508 e. The highest BCUT2D eigenvalue weighted by Crippen LogP contribution is 2.12. The van der Waals surface area contributed by atoms with E-state index in [1.165, 1.54) is 0 Å². The third-order valence-corrected chi connectivity index (χ3v) is 2.37. The van der Waals surface area contributed by atoms with E-state index in [1.807, 2.05) is 12.1 Å². The molecule has 0 saturated heterocycles. The molecule has 0 aliphatic heterocycles.